The van der Waals surface area contributed by atoms with E-state index in [2.05, 4.69) is 0 Å². The molecule has 27 heavy (non-hydrogen) atoms. The maximum Gasteiger partial charge on any atom is 0.424 e. The van der Waals surface area contributed by atoms with Crippen LogP contribution in [0.4, 0.5) is 18.0 Å². The molecule has 0 aliphatic carbocycles. The Labute approximate surface area is 163 Å². The minimum Gasteiger partial charge on any atom is -0.443 e. The van der Waals surface area contributed by atoms with Gasteiger partial charge in [0.25, 0.3) is 11.3 Å². The highest BCUT2D eigenvalue weighted by atomic mass is 32.2. The highest BCUT2D eigenvalue weighted by molar-refractivity contribution is 7.98. The first-order valence-corrected chi connectivity index (χ1v) is 10.6. The van der Waals surface area contributed by atoms with Crippen molar-refractivity contribution in [1.29, 1.82) is 0 Å². The van der Waals surface area contributed by atoms with Gasteiger partial charge in [0.1, 0.15) is 5.60 Å². The lowest BCUT2D eigenvalue weighted by molar-refractivity contribution is -0.137. The van der Waals surface area contributed by atoms with Crippen molar-refractivity contribution in [1.82, 2.24) is 4.31 Å². The molecule has 0 N–H and O–H groups in total. The van der Waals surface area contributed by atoms with Crippen LogP contribution in [0.2, 0.25) is 0 Å². The SMILES string of the molecule is CSC[C@@H](c1ccc(C(F)(F)F)cc1)[C@H]1COS(=O)N1C(=O)OC(C)(C)C. The topological polar surface area (TPSA) is 55.8 Å². The summed E-state index contributed by atoms with van der Waals surface area (Å²) in [6.45, 7) is 5.08. The first kappa shape index (κ1) is 22.0. The normalized spacial score (nSPS) is 22.0. The van der Waals surface area contributed by atoms with Gasteiger partial charge in [-0.1, -0.05) is 12.1 Å². The lowest BCUT2D eigenvalue weighted by Gasteiger charge is -2.30. The lowest BCUT2D eigenvalue weighted by atomic mass is 9.92. The first-order valence-electron chi connectivity index (χ1n) is 8.17. The van der Waals surface area contributed by atoms with Crippen molar-refractivity contribution in [2.24, 2.45) is 0 Å². The second-order valence-electron chi connectivity index (χ2n) is 7.06. The molecule has 1 aromatic carbocycles. The maximum atomic E-state index is 12.8. The average molecular weight is 425 g/mol. The first-order chi connectivity index (χ1) is 12.4. The van der Waals surface area contributed by atoms with Crippen molar-refractivity contribution in [3.63, 3.8) is 0 Å². The largest absolute Gasteiger partial charge is 0.443 e. The van der Waals surface area contributed by atoms with Crippen LogP contribution in [-0.4, -0.2) is 44.9 Å². The van der Waals surface area contributed by atoms with Crippen LogP contribution in [0.1, 0.15) is 37.8 Å². The molecule has 152 valence electrons. The standard InChI is InChI=1S/C17H22F3NO4S2/c1-16(2,3)25-15(22)21-14(9-24-27(21)23)13(10-26-4)11-5-7-12(8-6-11)17(18,19)20/h5-8,13-14H,9-10H2,1-4H3/t13-,14+,27?/m0/s1. The quantitative estimate of drug-likeness (QED) is 0.717. The molecule has 1 unspecified atom stereocenters. The molecule has 1 aromatic rings. The lowest BCUT2D eigenvalue weighted by Crippen LogP contribution is -2.44. The summed E-state index contributed by atoms with van der Waals surface area (Å²) in [6.07, 6.45) is -3.35. The molecule has 0 saturated carbocycles. The Morgan fingerprint density at radius 3 is 2.41 bits per heavy atom. The highest BCUT2D eigenvalue weighted by Crippen LogP contribution is 2.35. The van der Waals surface area contributed by atoms with E-state index >= 15 is 0 Å². The van der Waals surface area contributed by atoms with Gasteiger partial charge < -0.3 is 4.74 Å². The molecule has 0 aromatic heterocycles. The summed E-state index contributed by atoms with van der Waals surface area (Å²) in [6, 6.07) is 4.18. The van der Waals surface area contributed by atoms with Crippen molar-refractivity contribution >= 4 is 29.1 Å². The molecule has 2 rings (SSSR count). The summed E-state index contributed by atoms with van der Waals surface area (Å²) in [5.74, 6) is 0.150. The maximum absolute atomic E-state index is 12.8. The average Bonchev–Trinajstić information content (AvgIpc) is 2.92. The number of carbonyl (C=O) groups excluding carboxylic acids is 1. The fourth-order valence-electron chi connectivity index (χ4n) is 2.67. The van der Waals surface area contributed by atoms with Crippen LogP contribution >= 0.6 is 11.8 Å². The molecule has 1 aliphatic heterocycles. The third-order valence-corrected chi connectivity index (χ3v) is 5.62. The number of halogens is 3. The van der Waals surface area contributed by atoms with Crippen molar-refractivity contribution in [3.05, 3.63) is 35.4 Å². The van der Waals surface area contributed by atoms with Gasteiger partial charge in [-0.25, -0.2) is 9.00 Å². The summed E-state index contributed by atoms with van der Waals surface area (Å²) < 4.78 is 62.1. The molecule has 1 amide bonds. The van der Waals surface area contributed by atoms with Crippen LogP contribution in [0.5, 0.6) is 0 Å². The van der Waals surface area contributed by atoms with E-state index < -0.39 is 40.7 Å². The van der Waals surface area contributed by atoms with Crippen LogP contribution in [0, 0.1) is 0 Å². The Morgan fingerprint density at radius 2 is 1.93 bits per heavy atom. The molecule has 10 heteroatoms. The smallest absolute Gasteiger partial charge is 0.424 e. The van der Waals surface area contributed by atoms with E-state index in [0.29, 0.717) is 11.3 Å². The zero-order valence-corrected chi connectivity index (χ0v) is 17.0. The number of hydrogen-bond donors (Lipinski definition) is 0. The van der Waals surface area contributed by atoms with Gasteiger partial charge in [-0.15, -0.1) is 0 Å². The van der Waals surface area contributed by atoms with Gasteiger partial charge in [0, 0.05) is 11.7 Å². The van der Waals surface area contributed by atoms with Crippen molar-refractivity contribution in [2.75, 3.05) is 18.6 Å². The van der Waals surface area contributed by atoms with E-state index in [0.717, 1.165) is 16.4 Å². The predicted molar refractivity (Wildman–Crippen MR) is 98.5 cm³/mol. The third-order valence-electron chi connectivity index (χ3n) is 3.85. The Bertz CT molecular complexity index is 689. The van der Waals surface area contributed by atoms with E-state index in [9.17, 15) is 22.2 Å². The Morgan fingerprint density at radius 1 is 1.33 bits per heavy atom. The number of thioether (sulfide) groups is 1. The molecule has 0 spiro atoms. The number of carbonyl (C=O) groups is 1. The number of nitrogens with zero attached hydrogens (tertiary/aromatic N) is 1. The second kappa shape index (κ2) is 8.40. The van der Waals surface area contributed by atoms with Crippen molar-refractivity contribution in [2.45, 2.75) is 44.5 Å². The monoisotopic (exact) mass is 425 g/mol. The number of amides is 1. The number of alkyl halides is 3. The molecule has 5 nitrogen and oxygen atoms in total. The highest BCUT2D eigenvalue weighted by Gasteiger charge is 2.44. The number of benzene rings is 1. The van der Waals surface area contributed by atoms with E-state index in [1.807, 2.05) is 6.26 Å². The molecular weight excluding hydrogens is 403 g/mol. The molecule has 1 fully saturated rings. The fourth-order valence-corrected chi connectivity index (χ4v) is 4.40. The van der Waals surface area contributed by atoms with Gasteiger partial charge in [-0.05, 0) is 44.7 Å². The zero-order valence-electron chi connectivity index (χ0n) is 15.4. The van der Waals surface area contributed by atoms with E-state index in [-0.39, 0.29) is 12.5 Å². The van der Waals surface area contributed by atoms with Crippen LogP contribution in [0.15, 0.2) is 24.3 Å². The van der Waals surface area contributed by atoms with E-state index in [4.69, 9.17) is 8.92 Å². The summed E-state index contributed by atoms with van der Waals surface area (Å²) >= 11 is -0.529. The molecule has 3 atom stereocenters. The minimum atomic E-state index is -4.42. The van der Waals surface area contributed by atoms with Gasteiger partial charge in [-0.3, -0.25) is 4.18 Å². The zero-order chi connectivity index (χ0) is 20.4. The molecule has 0 bridgehead atoms. The number of ether oxygens (including phenoxy) is 1. The van der Waals surface area contributed by atoms with E-state index in [1.165, 1.54) is 23.9 Å². The molecule has 1 saturated heterocycles. The van der Waals surface area contributed by atoms with Gasteiger partial charge >= 0.3 is 12.3 Å². The van der Waals surface area contributed by atoms with Crippen LogP contribution < -0.4 is 0 Å². The summed E-state index contributed by atoms with van der Waals surface area (Å²) in [4.78, 5) is 12.5. The van der Waals surface area contributed by atoms with Gasteiger partial charge in [0.2, 0.25) is 0 Å². The Hall–Kier alpha value is -1.26. The molecule has 1 aliphatic rings. The van der Waals surface area contributed by atoms with Crippen LogP contribution in [0.3, 0.4) is 0 Å². The minimum absolute atomic E-state index is 0.0120. The number of rotatable bonds is 4. The summed E-state index contributed by atoms with van der Waals surface area (Å²) in [5.41, 5.74) is -0.916. The summed E-state index contributed by atoms with van der Waals surface area (Å²) in [5, 5.41) is 0. The van der Waals surface area contributed by atoms with Gasteiger partial charge in [0.15, 0.2) is 0 Å². The van der Waals surface area contributed by atoms with Crippen LogP contribution in [0.25, 0.3) is 0 Å². The Kier molecular flexibility index (Phi) is 6.86. The fraction of sp³-hybridized carbons (Fsp3) is 0.588. The van der Waals surface area contributed by atoms with Crippen LogP contribution in [-0.2, 0) is 26.4 Å². The van der Waals surface area contributed by atoms with E-state index in [1.54, 1.807) is 20.8 Å². The van der Waals surface area contributed by atoms with Gasteiger partial charge in [-0.2, -0.15) is 29.2 Å². The predicted octanol–water partition coefficient (Wildman–Crippen LogP) is 4.37. The van der Waals surface area contributed by atoms with Crippen molar-refractivity contribution in [3.8, 4) is 0 Å². The molecule has 1 heterocycles. The van der Waals surface area contributed by atoms with Crippen molar-refractivity contribution < 1.29 is 31.1 Å². The molecular formula is C17H22F3NO4S2. The second-order valence-corrected chi connectivity index (χ2v) is 9.03. The number of hydrogen-bond acceptors (Lipinski definition) is 5. The van der Waals surface area contributed by atoms with Gasteiger partial charge in [0.05, 0.1) is 18.2 Å². The summed E-state index contributed by atoms with van der Waals surface area (Å²) in [7, 11) is 0. The molecule has 0 radical (unpaired) electrons. The third kappa shape index (κ3) is 5.61. The Balaban J connectivity index is 2.31.